The van der Waals surface area contributed by atoms with Gasteiger partial charge in [0.05, 0.1) is 23.9 Å². The van der Waals surface area contributed by atoms with Crippen LogP contribution in [-0.4, -0.2) is 29.2 Å². The predicted molar refractivity (Wildman–Crippen MR) is 59.8 cm³/mol. The van der Waals surface area contributed by atoms with Gasteiger partial charge in [-0.2, -0.15) is 0 Å². The zero-order valence-electron chi connectivity index (χ0n) is 9.47. The normalized spacial score (nSPS) is 34.2. The highest BCUT2D eigenvalue weighted by molar-refractivity contribution is 5.08. The summed E-state index contributed by atoms with van der Waals surface area (Å²) in [6, 6.07) is 0.281. The zero-order valence-corrected chi connectivity index (χ0v) is 9.47. The monoisotopic (exact) mass is 219 g/mol. The van der Waals surface area contributed by atoms with Crippen molar-refractivity contribution in [1.29, 1.82) is 0 Å². The average molecular weight is 219 g/mol. The van der Waals surface area contributed by atoms with Crippen LogP contribution in [0.4, 0.5) is 0 Å². The first-order valence-electron chi connectivity index (χ1n) is 5.97. The fourth-order valence-corrected chi connectivity index (χ4v) is 3.08. The molecule has 0 spiro atoms. The van der Waals surface area contributed by atoms with Crippen LogP contribution >= 0.6 is 0 Å². The molecule has 4 nitrogen and oxygen atoms in total. The maximum Gasteiger partial charge on any atom is 0.0759 e. The van der Waals surface area contributed by atoms with Gasteiger partial charge in [0, 0.05) is 24.5 Å². The van der Waals surface area contributed by atoms with Crippen LogP contribution < -0.4 is 5.32 Å². The van der Waals surface area contributed by atoms with Gasteiger partial charge < -0.3 is 10.1 Å². The van der Waals surface area contributed by atoms with Gasteiger partial charge in [-0.05, 0) is 26.3 Å². The number of hydrogen-bond donors (Lipinski definition) is 1. The second kappa shape index (κ2) is 4.11. The molecule has 4 heteroatoms. The maximum atomic E-state index is 5.90. The minimum absolute atomic E-state index is 0.281. The lowest BCUT2D eigenvalue weighted by molar-refractivity contribution is 0.0859. The van der Waals surface area contributed by atoms with Gasteiger partial charge in [0.2, 0.25) is 0 Å². The Balaban J connectivity index is 1.81. The van der Waals surface area contributed by atoms with Gasteiger partial charge in [0.15, 0.2) is 0 Å². The second-order valence-electron chi connectivity index (χ2n) is 4.67. The molecule has 2 aliphatic rings. The molecule has 2 bridgehead atoms. The molecule has 1 aromatic heterocycles. The third-order valence-corrected chi connectivity index (χ3v) is 3.79. The fourth-order valence-electron chi connectivity index (χ4n) is 3.08. The van der Waals surface area contributed by atoms with Crippen molar-refractivity contribution in [3.63, 3.8) is 0 Å². The van der Waals surface area contributed by atoms with E-state index >= 15 is 0 Å². The smallest absolute Gasteiger partial charge is 0.0759 e. The van der Waals surface area contributed by atoms with Crippen LogP contribution in [0.3, 0.4) is 0 Å². The van der Waals surface area contributed by atoms with Crippen molar-refractivity contribution in [2.24, 2.45) is 5.92 Å². The van der Waals surface area contributed by atoms with E-state index in [4.69, 9.17) is 4.74 Å². The van der Waals surface area contributed by atoms with E-state index in [0.29, 0.717) is 18.1 Å². The number of nitrogens with zero attached hydrogens (tertiary/aromatic N) is 2. The molecule has 2 fully saturated rings. The van der Waals surface area contributed by atoms with Crippen molar-refractivity contribution in [2.75, 3.05) is 7.05 Å². The van der Waals surface area contributed by atoms with Crippen LogP contribution in [0.1, 0.15) is 31.0 Å². The Hall–Kier alpha value is -1.00. The summed E-state index contributed by atoms with van der Waals surface area (Å²) < 4.78 is 5.90. The van der Waals surface area contributed by atoms with E-state index < -0.39 is 0 Å². The summed E-state index contributed by atoms with van der Waals surface area (Å²) >= 11 is 0. The Morgan fingerprint density at radius 3 is 2.94 bits per heavy atom. The van der Waals surface area contributed by atoms with Gasteiger partial charge in [-0.25, -0.2) is 0 Å². The molecule has 2 saturated heterocycles. The van der Waals surface area contributed by atoms with E-state index in [2.05, 4.69) is 15.3 Å². The van der Waals surface area contributed by atoms with E-state index in [0.717, 1.165) is 12.1 Å². The van der Waals surface area contributed by atoms with Gasteiger partial charge in [-0.1, -0.05) is 0 Å². The lowest BCUT2D eigenvalue weighted by Gasteiger charge is -2.27. The van der Waals surface area contributed by atoms with Crippen molar-refractivity contribution >= 4 is 0 Å². The number of hydrogen-bond acceptors (Lipinski definition) is 4. The van der Waals surface area contributed by atoms with Gasteiger partial charge in [0.1, 0.15) is 0 Å². The van der Waals surface area contributed by atoms with Crippen LogP contribution in [0.25, 0.3) is 0 Å². The van der Waals surface area contributed by atoms with E-state index in [-0.39, 0.29) is 6.04 Å². The number of nitrogens with one attached hydrogen (secondary N) is 1. The number of fused-ring (bicyclic) bond motifs is 2. The topological polar surface area (TPSA) is 47.0 Å². The van der Waals surface area contributed by atoms with Crippen molar-refractivity contribution in [3.8, 4) is 0 Å². The summed E-state index contributed by atoms with van der Waals surface area (Å²) in [4.78, 5) is 8.54. The van der Waals surface area contributed by atoms with Crippen molar-refractivity contribution in [3.05, 3.63) is 24.3 Å². The molecule has 1 aromatic rings. The largest absolute Gasteiger partial charge is 0.375 e. The van der Waals surface area contributed by atoms with Crippen LogP contribution in [0.2, 0.25) is 0 Å². The number of ether oxygens (including phenoxy) is 1. The lowest BCUT2D eigenvalue weighted by atomic mass is 9.82. The Labute approximate surface area is 95.4 Å². The van der Waals surface area contributed by atoms with E-state index in [1.165, 1.54) is 12.8 Å². The summed E-state index contributed by atoms with van der Waals surface area (Å²) in [7, 11) is 1.99. The third-order valence-electron chi connectivity index (χ3n) is 3.79. The molecule has 4 atom stereocenters. The molecule has 3 heterocycles. The molecule has 0 saturated carbocycles. The van der Waals surface area contributed by atoms with Crippen LogP contribution in [0, 0.1) is 5.92 Å². The van der Waals surface area contributed by atoms with Crippen LogP contribution in [0.5, 0.6) is 0 Å². The average Bonchev–Trinajstić information content (AvgIpc) is 2.94. The highest BCUT2D eigenvalue weighted by Gasteiger charge is 2.44. The summed E-state index contributed by atoms with van der Waals surface area (Å²) in [6.07, 6.45) is 9.83. The Morgan fingerprint density at radius 1 is 1.44 bits per heavy atom. The first-order valence-corrected chi connectivity index (χ1v) is 5.97. The highest BCUT2D eigenvalue weighted by Crippen LogP contribution is 2.44. The SMILES string of the molecule is CNC(c1cnccn1)C1CC2CCC1O2. The minimum Gasteiger partial charge on any atom is -0.375 e. The fraction of sp³-hybridized carbons (Fsp3) is 0.667. The van der Waals surface area contributed by atoms with E-state index in [1.807, 2.05) is 13.2 Å². The Morgan fingerprint density at radius 2 is 2.38 bits per heavy atom. The number of aromatic nitrogens is 2. The van der Waals surface area contributed by atoms with Crippen LogP contribution in [-0.2, 0) is 4.74 Å². The van der Waals surface area contributed by atoms with Crippen molar-refractivity contribution < 1.29 is 4.74 Å². The molecule has 0 aromatic carbocycles. The second-order valence-corrected chi connectivity index (χ2v) is 4.67. The Kier molecular flexibility index (Phi) is 2.61. The highest BCUT2D eigenvalue weighted by atomic mass is 16.5. The summed E-state index contributed by atoms with van der Waals surface area (Å²) in [5.74, 6) is 0.556. The quantitative estimate of drug-likeness (QED) is 0.832. The van der Waals surface area contributed by atoms with Crippen molar-refractivity contribution in [2.45, 2.75) is 37.5 Å². The zero-order chi connectivity index (χ0) is 11.0. The molecule has 2 aliphatic heterocycles. The predicted octanol–water partition coefficient (Wildman–Crippen LogP) is 1.30. The minimum atomic E-state index is 0.281. The van der Waals surface area contributed by atoms with E-state index in [9.17, 15) is 0 Å². The standard InChI is InChI=1S/C12H17N3O/c1-13-12(10-7-14-4-5-15-10)9-6-8-2-3-11(9)16-8/h4-5,7-9,11-13H,2-3,6H2,1H3. The van der Waals surface area contributed by atoms with Gasteiger partial charge >= 0.3 is 0 Å². The first-order chi connectivity index (χ1) is 7.88. The Bertz CT molecular complexity index is 357. The van der Waals surface area contributed by atoms with E-state index in [1.54, 1.807) is 12.4 Å². The molecule has 0 amide bonds. The van der Waals surface area contributed by atoms with Crippen molar-refractivity contribution in [1.82, 2.24) is 15.3 Å². The summed E-state index contributed by atoms with van der Waals surface area (Å²) in [6.45, 7) is 0. The summed E-state index contributed by atoms with van der Waals surface area (Å²) in [5, 5.41) is 3.36. The molecular weight excluding hydrogens is 202 g/mol. The molecule has 1 N–H and O–H groups in total. The maximum absolute atomic E-state index is 5.90. The molecule has 0 radical (unpaired) electrons. The van der Waals surface area contributed by atoms with Gasteiger partial charge in [-0.15, -0.1) is 0 Å². The molecule has 86 valence electrons. The summed E-state index contributed by atoms with van der Waals surface area (Å²) in [5.41, 5.74) is 1.03. The molecule has 16 heavy (non-hydrogen) atoms. The molecular formula is C12H17N3O. The van der Waals surface area contributed by atoms with Gasteiger partial charge in [-0.3, -0.25) is 9.97 Å². The molecule has 4 unspecified atom stereocenters. The molecule has 0 aliphatic carbocycles. The van der Waals surface area contributed by atoms with Crippen LogP contribution in [0.15, 0.2) is 18.6 Å². The third kappa shape index (κ3) is 1.62. The molecule has 3 rings (SSSR count). The number of rotatable bonds is 3. The van der Waals surface area contributed by atoms with Gasteiger partial charge in [0.25, 0.3) is 0 Å². The first kappa shape index (κ1) is 10.2. The lowest BCUT2D eigenvalue weighted by Crippen LogP contribution is -2.32.